The number of piperidine rings is 1. The van der Waals surface area contributed by atoms with Gasteiger partial charge in [0, 0.05) is 36.7 Å². The first-order chi connectivity index (χ1) is 20.0. The number of aromatic nitrogens is 1. The molecule has 1 aliphatic heterocycles. The van der Waals surface area contributed by atoms with Gasteiger partial charge in [-0.3, -0.25) is 19.3 Å². The second-order valence-corrected chi connectivity index (χ2v) is 12.2. The highest BCUT2D eigenvalue weighted by Crippen LogP contribution is 2.22. The van der Waals surface area contributed by atoms with Gasteiger partial charge in [0.15, 0.2) is 5.96 Å². The average Bonchev–Trinajstić information content (AvgIpc) is 3.37. The summed E-state index contributed by atoms with van der Waals surface area (Å²) in [5.41, 5.74) is 7.43. The average molecular weight is 615 g/mol. The molecule has 3 aromatic carbocycles. The van der Waals surface area contributed by atoms with E-state index >= 15 is 0 Å². The van der Waals surface area contributed by atoms with Crippen LogP contribution in [0.15, 0.2) is 77.8 Å². The molecule has 12 nitrogen and oxygen atoms in total. The van der Waals surface area contributed by atoms with Crippen molar-refractivity contribution in [2.75, 3.05) is 19.6 Å². The highest BCUT2D eigenvalue weighted by molar-refractivity contribution is 7.89. The lowest BCUT2D eigenvalue weighted by Gasteiger charge is -2.33. The van der Waals surface area contributed by atoms with Gasteiger partial charge < -0.3 is 20.9 Å². The van der Waals surface area contributed by atoms with E-state index in [9.17, 15) is 13.2 Å². The Morgan fingerprint density at radius 1 is 1.12 bits per heavy atom. The highest BCUT2D eigenvalue weighted by atomic mass is 32.2. The molecule has 0 saturated carbocycles. The third-order valence-corrected chi connectivity index (χ3v) is 8.64. The third-order valence-electron chi connectivity index (χ3n) is 7.17. The molecule has 0 aliphatic carbocycles. The number of aromatic amines is 1. The number of rotatable bonds is 8. The predicted molar refractivity (Wildman–Crippen MR) is 163 cm³/mol. The SMILES string of the molecule is N=C(N)N1CCC[C@@H](CNC(=O)[C@@H](Cc2c[nH]c3ccccc23)NS(=O)(=O)c2ccc3ccccc3c2)C1.O=S(O)O. The molecular weight excluding hydrogens is 580 g/mol. The lowest BCUT2D eigenvalue weighted by Crippen LogP contribution is -2.51. The van der Waals surface area contributed by atoms with E-state index in [1.807, 2.05) is 54.7 Å². The number of carbonyl (C=O) groups is 1. The monoisotopic (exact) mass is 614 g/mol. The summed E-state index contributed by atoms with van der Waals surface area (Å²) in [6.45, 7) is 1.70. The van der Waals surface area contributed by atoms with Crippen molar-refractivity contribution in [1.82, 2.24) is 19.9 Å². The number of H-pyrrole nitrogens is 1. The normalized spacial score (nSPS) is 16.2. The number of guanidine groups is 1. The number of likely N-dealkylation sites (tertiary alicyclic amines) is 1. The molecule has 1 saturated heterocycles. The number of amides is 1. The second kappa shape index (κ2) is 13.9. The molecule has 0 radical (unpaired) electrons. The summed E-state index contributed by atoms with van der Waals surface area (Å²) in [4.78, 5) is 18.6. The maximum Gasteiger partial charge on any atom is 0.299 e. The minimum Gasteiger partial charge on any atom is -0.370 e. The number of carbonyl (C=O) groups excluding carboxylic acids is 1. The van der Waals surface area contributed by atoms with Gasteiger partial charge in [-0.1, -0.05) is 48.5 Å². The maximum absolute atomic E-state index is 13.5. The molecule has 14 heteroatoms. The van der Waals surface area contributed by atoms with Crippen LogP contribution in [0.1, 0.15) is 18.4 Å². The van der Waals surface area contributed by atoms with Crippen LogP contribution in [0.25, 0.3) is 21.7 Å². The maximum atomic E-state index is 13.5. The summed E-state index contributed by atoms with van der Waals surface area (Å²) in [6, 6.07) is 19.2. The molecule has 0 unspecified atom stereocenters. The zero-order valence-electron chi connectivity index (χ0n) is 22.7. The Morgan fingerprint density at radius 3 is 2.55 bits per heavy atom. The fraction of sp³-hybridized carbons (Fsp3) is 0.286. The smallest absolute Gasteiger partial charge is 0.299 e. The van der Waals surface area contributed by atoms with Gasteiger partial charge >= 0.3 is 0 Å². The van der Waals surface area contributed by atoms with Crippen LogP contribution in [-0.4, -0.2) is 69.2 Å². The molecule has 1 aromatic heterocycles. The van der Waals surface area contributed by atoms with E-state index in [-0.39, 0.29) is 29.1 Å². The summed E-state index contributed by atoms with van der Waals surface area (Å²) >= 11 is -2.61. The molecule has 1 aliphatic rings. The molecule has 8 N–H and O–H groups in total. The molecule has 0 spiro atoms. The first-order valence-electron chi connectivity index (χ1n) is 13.3. The van der Waals surface area contributed by atoms with Crippen LogP contribution in [0.3, 0.4) is 0 Å². The standard InChI is InChI=1S/C28H32N6O3S.H2O3S/c29-28(30)34-13-5-6-19(18-34)16-32-27(35)26(15-22-17-31-25-10-4-3-9-24(22)25)33-38(36,37)23-12-11-20-7-1-2-8-21(20)14-23;1-4(2)3/h1-4,7-12,14,17,19,26,31,33H,5-6,13,15-16,18H2,(H3,29,30)(H,32,35);(H2,1,2,3)/t19-,26+;/m0./s1. The largest absolute Gasteiger partial charge is 0.370 e. The lowest BCUT2D eigenvalue weighted by molar-refractivity contribution is -0.122. The van der Waals surface area contributed by atoms with Gasteiger partial charge in [-0.15, -0.1) is 0 Å². The fourth-order valence-corrected chi connectivity index (χ4v) is 6.35. The van der Waals surface area contributed by atoms with Crippen molar-refractivity contribution < 1.29 is 26.5 Å². The summed E-state index contributed by atoms with van der Waals surface area (Å²) in [7, 11) is -3.99. The number of benzene rings is 3. The van der Waals surface area contributed by atoms with E-state index in [4.69, 9.17) is 24.5 Å². The van der Waals surface area contributed by atoms with Gasteiger partial charge in [-0.25, -0.2) is 8.42 Å². The van der Waals surface area contributed by atoms with E-state index in [2.05, 4.69) is 15.0 Å². The van der Waals surface area contributed by atoms with Crippen molar-refractivity contribution in [3.05, 3.63) is 78.5 Å². The van der Waals surface area contributed by atoms with Gasteiger partial charge in [0.25, 0.3) is 11.4 Å². The number of nitrogens with two attached hydrogens (primary N) is 1. The van der Waals surface area contributed by atoms with E-state index < -0.39 is 27.4 Å². The van der Waals surface area contributed by atoms with E-state index in [0.717, 1.165) is 46.6 Å². The van der Waals surface area contributed by atoms with Crippen LogP contribution in [0.5, 0.6) is 0 Å². The number of fused-ring (bicyclic) bond motifs is 2. The van der Waals surface area contributed by atoms with Crippen molar-refractivity contribution in [3.8, 4) is 0 Å². The van der Waals surface area contributed by atoms with Crippen LogP contribution in [0.4, 0.5) is 0 Å². The molecule has 5 rings (SSSR count). The van der Waals surface area contributed by atoms with Crippen LogP contribution in [0.2, 0.25) is 0 Å². The highest BCUT2D eigenvalue weighted by Gasteiger charge is 2.28. The molecule has 42 heavy (non-hydrogen) atoms. The van der Waals surface area contributed by atoms with Gasteiger partial charge in [0.1, 0.15) is 6.04 Å². The zero-order chi connectivity index (χ0) is 30.3. The molecule has 1 amide bonds. The number of nitrogens with zero attached hydrogens (tertiary/aromatic N) is 1. The number of hydrogen-bond donors (Lipinski definition) is 7. The number of sulfonamides is 1. The summed E-state index contributed by atoms with van der Waals surface area (Å²) in [6.07, 6.45) is 3.79. The lowest BCUT2D eigenvalue weighted by atomic mass is 9.98. The predicted octanol–water partition coefficient (Wildman–Crippen LogP) is 2.61. The third kappa shape index (κ3) is 8.14. The zero-order valence-corrected chi connectivity index (χ0v) is 24.3. The molecule has 224 valence electrons. The second-order valence-electron chi connectivity index (χ2n) is 10.1. The van der Waals surface area contributed by atoms with Gasteiger partial charge in [-0.2, -0.15) is 8.93 Å². The topological polar surface area (TPSA) is 202 Å². The van der Waals surface area contributed by atoms with E-state index in [0.29, 0.717) is 13.1 Å². The molecule has 2 heterocycles. The Labute approximate surface area is 246 Å². The van der Waals surface area contributed by atoms with E-state index in [1.165, 1.54) is 0 Å². The quantitative estimate of drug-likeness (QED) is 0.0891. The minimum absolute atomic E-state index is 0.0291. The molecular formula is C28H34N6O6S2. The summed E-state index contributed by atoms with van der Waals surface area (Å²) in [5, 5.41) is 13.4. The fourth-order valence-electron chi connectivity index (χ4n) is 5.12. The Hall–Kier alpha value is -3.82. The van der Waals surface area contributed by atoms with Crippen LogP contribution >= 0.6 is 0 Å². The summed E-state index contributed by atoms with van der Waals surface area (Å²) < 4.78 is 52.4. The Balaban J connectivity index is 0.000000952. The Morgan fingerprint density at radius 2 is 1.81 bits per heavy atom. The minimum atomic E-state index is -3.99. The molecule has 2 atom stereocenters. The van der Waals surface area contributed by atoms with Crippen LogP contribution < -0.4 is 15.8 Å². The summed E-state index contributed by atoms with van der Waals surface area (Å²) in [5.74, 6) is -0.233. The molecule has 0 bridgehead atoms. The van der Waals surface area contributed by atoms with Crippen molar-refractivity contribution in [1.29, 1.82) is 5.41 Å². The van der Waals surface area contributed by atoms with Crippen molar-refractivity contribution in [3.63, 3.8) is 0 Å². The first kappa shape index (κ1) is 31.1. The van der Waals surface area contributed by atoms with Crippen LogP contribution in [-0.2, 0) is 32.6 Å². The van der Waals surface area contributed by atoms with Gasteiger partial charge in [0.05, 0.1) is 4.90 Å². The van der Waals surface area contributed by atoms with Crippen molar-refractivity contribution in [2.45, 2.75) is 30.2 Å². The number of nitrogens with one attached hydrogen (secondary N) is 4. The van der Waals surface area contributed by atoms with Gasteiger partial charge in [0.2, 0.25) is 15.9 Å². The van der Waals surface area contributed by atoms with Gasteiger partial charge in [-0.05, 0) is 59.7 Å². The van der Waals surface area contributed by atoms with E-state index in [1.54, 1.807) is 23.1 Å². The molecule has 1 fully saturated rings. The molecule has 4 aromatic rings. The number of para-hydroxylation sites is 1. The van der Waals surface area contributed by atoms with Crippen molar-refractivity contribution in [2.24, 2.45) is 11.7 Å². The van der Waals surface area contributed by atoms with Crippen molar-refractivity contribution >= 4 is 54.9 Å². The number of hydrogen-bond acceptors (Lipinski definition) is 5. The Kier molecular flexibility index (Phi) is 10.3. The van der Waals surface area contributed by atoms with Crippen LogP contribution in [0, 0.1) is 11.3 Å². The first-order valence-corrected chi connectivity index (χ1v) is 15.8. The Bertz CT molecular complexity index is 1690.